The van der Waals surface area contributed by atoms with Gasteiger partial charge in [-0.3, -0.25) is 4.79 Å². The van der Waals surface area contributed by atoms with Crippen LogP contribution in [0.15, 0.2) is 24.3 Å². The van der Waals surface area contributed by atoms with Crippen molar-refractivity contribution in [1.82, 2.24) is 4.90 Å². The van der Waals surface area contributed by atoms with Crippen molar-refractivity contribution in [3.63, 3.8) is 0 Å². The van der Waals surface area contributed by atoms with Crippen LogP contribution in [-0.2, 0) is 11.3 Å². The molecule has 0 saturated carbocycles. The molecule has 1 amide bonds. The summed E-state index contributed by atoms with van der Waals surface area (Å²) in [5, 5.41) is 0.302. The molecule has 0 aliphatic heterocycles. The second-order valence-electron chi connectivity index (χ2n) is 3.17. The van der Waals surface area contributed by atoms with Crippen LogP contribution in [0.5, 0.6) is 0 Å². The maximum atomic E-state index is 12.9. The van der Waals surface area contributed by atoms with Crippen LogP contribution in [0.25, 0.3) is 0 Å². The largest absolute Gasteiger partial charge is 0.338 e. The van der Waals surface area contributed by atoms with Crippen molar-refractivity contribution in [2.45, 2.75) is 13.5 Å². The van der Waals surface area contributed by atoms with Gasteiger partial charge in [0.25, 0.3) is 0 Å². The first-order chi connectivity index (χ1) is 7.17. The normalized spacial score (nSPS) is 10.1. The van der Waals surface area contributed by atoms with Crippen LogP contribution in [0, 0.1) is 5.82 Å². The Hall–Kier alpha value is -0.900. The molecule has 0 radical (unpaired) electrons. The Labute approximate surface area is 97.2 Å². The molecule has 0 aromatic heterocycles. The van der Waals surface area contributed by atoms with E-state index in [1.165, 1.54) is 12.1 Å². The molecule has 0 aliphatic rings. The van der Waals surface area contributed by atoms with Crippen molar-refractivity contribution >= 4 is 21.8 Å². The van der Waals surface area contributed by atoms with Gasteiger partial charge < -0.3 is 4.90 Å². The van der Waals surface area contributed by atoms with Crippen LogP contribution >= 0.6 is 15.9 Å². The van der Waals surface area contributed by atoms with Crippen molar-refractivity contribution in [1.29, 1.82) is 0 Å². The van der Waals surface area contributed by atoms with Crippen LogP contribution in [0.2, 0.25) is 0 Å². The smallest absolute Gasteiger partial charge is 0.233 e. The minimum Gasteiger partial charge on any atom is -0.338 e. The van der Waals surface area contributed by atoms with E-state index in [1.54, 1.807) is 11.0 Å². The number of rotatable bonds is 4. The Kier molecular flexibility index (Phi) is 4.75. The molecule has 0 N–H and O–H groups in total. The lowest BCUT2D eigenvalue weighted by Crippen LogP contribution is -2.31. The number of carbonyl (C=O) groups excluding carboxylic acids is 1. The van der Waals surface area contributed by atoms with Gasteiger partial charge in [-0.15, -0.1) is 0 Å². The highest BCUT2D eigenvalue weighted by Crippen LogP contribution is 2.08. The molecular formula is C11H13BrFNO. The van der Waals surface area contributed by atoms with E-state index >= 15 is 0 Å². The van der Waals surface area contributed by atoms with E-state index in [4.69, 9.17) is 0 Å². The summed E-state index contributed by atoms with van der Waals surface area (Å²) in [4.78, 5) is 13.1. The van der Waals surface area contributed by atoms with E-state index in [1.807, 2.05) is 13.0 Å². The van der Waals surface area contributed by atoms with E-state index in [0.29, 0.717) is 18.4 Å². The highest BCUT2D eigenvalue weighted by Gasteiger charge is 2.10. The van der Waals surface area contributed by atoms with Gasteiger partial charge in [0.05, 0.1) is 5.33 Å². The topological polar surface area (TPSA) is 20.3 Å². The van der Waals surface area contributed by atoms with E-state index < -0.39 is 0 Å². The lowest BCUT2D eigenvalue weighted by molar-refractivity contribution is -0.128. The summed E-state index contributed by atoms with van der Waals surface area (Å²) < 4.78 is 12.9. The van der Waals surface area contributed by atoms with E-state index in [0.717, 1.165) is 5.56 Å². The van der Waals surface area contributed by atoms with Crippen LogP contribution in [0.4, 0.5) is 4.39 Å². The number of halogens is 2. The molecule has 0 bridgehead atoms. The number of benzene rings is 1. The van der Waals surface area contributed by atoms with Crippen LogP contribution in [-0.4, -0.2) is 22.7 Å². The fourth-order valence-electron chi connectivity index (χ4n) is 1.32. The Morgan fingerprint density at radius 3 is 2.80 bits per heavy atom. The number of carbonyl (C=O) groups is 1. The molecule has 1 rings (SSSR count). The minimum absolute atomic E-state index is 0.0155. The third-order valence-electron chi connectivity index (χ3n) is 2.11. The first-order valence-corrected chi connectivity index (χ1v) is 5.87. The van der Waals surface area contributed by atoms with Crippen molar-refractivity contribution < 1.29 is 9.18 Å². The molecule has 15 heavy (non-hydrogen) atoms. The summed E-state index contributed by atoms with van der Waals surface area (Å²) in [6, 6.07) is 6.31. The molecule has 0 atom stereocenters. The monoisotopic (exact) mass is 273 g/mol. The zero-order valence-corrected chi connectivity index (χ0v) is 10.1. The second kappa shape index (κ2) is 5.85. The lowest BCUT2D eigenvalue weighted by atomic mass is 10.2. The summed E-state index contributed by atoms with van der Waals surface area (Å²) >= 11 is 3.12. The summed E-state index contributed by atoms with van der Waals surface area (Å²) in [5.74, 6) is -0.253. The predicted octanol–water partition coefficient (Wildman–Crippen LogP) is 2.57. The Balaban J connectivity index is 2.70. The molecule has 0 spiro atoms. The summed E-state index contributed by atoms with van der Waals surface area (Å²) in [5.41, 5.74) is 0.811. The van der Waals surface area contributed by atoms with Gasteiger partial charge in [0.15, 0.2) is 0 Å². The summed E-state index contributed by atoms with van der Waals surface area (Å²) in [6.07, 6.45) is 0. The minimum atomic E-state index is -0.269. The molecule has 1 aromatic rings. The Bertz CT molecular complexity index is 343. The Morgan fingerprint density at radius 1 is 1.53 bits per heavy atom. The van der Waals surface area contributed by atoms with Gasteiger partial charge in [-0.1, -0.05) is 28.1 Å². The molecule has 82 valence electrons. The molecule has 0 saturated heterocycles. The van der Waals surface area contributed by atoms with Gasteiger partial charge in [-0.05, 0) is 24.6 Å². The maximum Gasteiger partial charge on any atom is 0.233 e. The van der Waals surface area contributed by atoms with E-state index in [2.05, 4.69) is 15.9 Å². The maximum absolute atomic E-state index is 12.9. The standard InChI is InChI=1S/C11H13BrFNO/c1-2-14(11(15)7-12)8-9-4-3-5-10(13)6-9/h3-6H,2,7-8H2,1H3. The molecule has 0 heterocycles. The average Bonchev–Trinajstić information content (AvgIpc) is 2.25. The van der Waals surface area contributed by atoms with Gasteiger partial charge in [0.1, 0.15) is 5.82 Å². The number of amides is 1. The zero-order valence-electron chi connectivity index (χ0n) is 8.54. The third kappa shape index (κ3) is 3.63. The van der Waals surface area contributed by atoms with Gasteiger partial charge in [0, 0.05) is 13.1 Å². The van der Waals surface area contributed by atoms with Crippen molar-refractivity contribution in [2.24, 2.45) is 0 Å². The SMILES string of the molecule is CCN(Cc1cccc(F)c1)C(=O)CBr. The molecule has 4 heteroatoms. The van der Waals surface area contributed by atoms with Crippen molar-refractivity contribution in [3.05, 3.63) is 35.6 Å². The van der Waals surface area contributed by atoms with E-state index in [-0.39, 0.29) is 11.7 Å². The molecule has 0 aliphatic carbocycles. The number of hydrogen-bond acceptors (Lipinski definition) is 1. The van der Waals surface area contributed by atoms with Gasteiger partial charge >= 0.3 is 0 Å². The van der Waals surface area contributed by atoms with Crippen LogP contribution in [0.3, 0.4) is 0 Å². The third-order valence-corrected chi connectivity index (χ3v) is 2.59. The number of hydrogen-bond donors (Lipinski definition) is 0. The molecular weight excluding hydrogens is 261 g/mol. The fourth-order valence-corrected chi connectivity index (χ4v) is 1.67. The van der Waals surface area contributed by atoms with Crippen LogP contribution in [0.1, 0.15) is 12.5 Å². The fraction of sp³-hybridized carbons (Fsp3) is 0.364. The molecule has 1 aromatic carbocycles. The first kappa shape index (κ1) is 12.2. The van der Waals surface area contributed by atoms with Crippen molar-refractivity contribution in [2.75, 3.05) is 11.9 Å². The molecule has 0 fully saturated rings. The van der Waals surface area contributed by atoms with Crippen LogP contribution < -0.4 is 0 Å². The Morgan fingerprint density at radius 2 is 2.27 bits per heavy atom. The summed E-state index contributed by atoms with van der Waals surface area (Å²) in [7, 11) is 0. The second-order valence-corrected chi connectivity index (χ2v) is 3.73. The van der Waals surface area contributed by atoms with Crippen molar-refractivity contribution in [3.8, 4) is 0 Å². The average molecular weight is 274 g/mol. The lowest BCUT2D eigenvalue weighted by Gasteiger charge is -2.19. The highest BCUT2D eigenvalue weighted by atomic mass is 79.9. The quantitative estimate of drug-likeness (QED) is 0.773. The number of alkyl halides is 1. The van der Waals surface area contributed by atoms with Gasteiger partial charge in [-0.2, -0.15) is 0 Å². The van der Waals surface area contributed by atoms with E-state index in [9.17, 15) is 9.18 Å². The van der Waals surface area contributed by atoms with Gasteiger partial charge in [-0.25, -0.2) is 4.39 Å². The molecule has 0 unspecified atom stereocenters. The summed E-state index contributed by atoms with van der Waals surface area (Å²) in [6.45, 7) is 2.99. The first-order valence-electron chi connectivity index (χ1n) is 4.75. The molecule has 2 nitrogen and oxygen atoms in total. The predicted molar refractivity (Wildman–Crippen MR) is 61.3 cm³/mol. The highest BCUT2D eigenvalue weighted by molar-refractivity contribution is 9.09. The zero-order chi connectivity index (χ0) is 11.3. The number of nitrogens with zero attached hydrogens (tertiary/aromatic N) is 1. The van der Waals surface area contributed by atoms with Gasteiger partial charge in [0.2, 0.25) is 5.91 Å².